The Labute approximate surface area is 97.1 Å². The summed E-state index contributed by atoms with van der Waals surface area (Å²) in [4.78, 5) is 4.01. The molecule has 0 radical (unpaired) electrons. The van der Waals surface area contributed by atoms with Crippen LogP contribution >= 0.6 is 11.6 Å². The predicted octanol–water partition coefficient (Wildman–Crippen LogP) is 1.78. The first-order valence-electron chi connectivity index (χ1n) is 4.70. The molecule has 2 aromatic rings. The van der Waals surface area contributed by atoms with Gasteiger partial charge in [0.25, 0.3) is 0 Å². The van der Waals surface area contributed by atoms with Crippen molar-refractivity contribution >= 4 is 11.6 Å². The van der Waals surface area contributed by atoms with Gasteiger partial charge >= 0.3 is 0 Å². The normalized spacial score (nSPS) is 10.7. The van der Waals surface area contributed by atoms with Crippen molar-refractivity contribution in [2.45, 2.75) is 6.54 Å². The van der Waals surface area contributed by atoms with Gasteiger partial charge in [0.05, 0.1) is 23.6 Å². The summed E-state index contributed by atoms with van der Waals surface area (Å²) in [6.07, 6.45) is 4.29. The smallest absolute Gasteiger partial charge is 0.158 e. The van der Waals surface area contributed by atoms with Crippen LogP contribution in [0.5, 0.6) is 0 Å². The maximum atomic E-state index is 13.0. The van der Waals surface area contributed by atoms with Gasteiger partial charge in [0.1, 0.15) is 5.82 Å². The largest absolute Gasteiger partial charge is 0.316 e. The molecule has 1 N–H and O–H groups in total. The highest BCUT2D eigenvalue weighted by atomic mass is 35.5. The third kappa shape index (κ3) is 2.20. The minimum atomic E-state index is -0.368. The number of nitrogens with zero attached hydrogens (tertiary/aromatic N) is 3. The molecule has 0 unspecified atom stereocenters. The number of rotatable bonds is 3. The lowest BCUT2D eigenvalue weighted by molar-refractivity contribution is 0.613. The molecule has 0 aromatic carbocycles. The van der Waals surface area contributed by atoms with Crippen molar-refractivity contribution < 1.29 is 4.39 Å². The van der Waals surface area contributed by atoms with Crippen molar-refractivity contribution in [2.75, 3.05) is 7.05 Å². The number of aromatic nitrogens is 3. The highest BCUT2D eigenvalue weighted by Crippen LogP contribution is 2.15. The van der Waals surface area contributed by atoms with Crippen LogP contribution in [0.4, 0.5) is 4.39 Å². The number of halogens is 2. The molecule has 6 heteroatoms. The molecule has 84 valence electrons. The Morgan fingerprint density at radius 2 is 2.31 bits per heavy atom. The van der Waals surface area contributed by atoms with Crippen LogP contribution in [-0.4, -0.2) is 21.8 Å². The number of pyridine rings is 1. The molecule has 0 saturated carbocycles. The second-order valence-corrected chi connectivity index (χ2v) is 3.71. The van der Waals surface area contributed by atoms with E-state index in [1.54, 1.807) is 13.2 Å². The molecule has 0 atom stereocenters. The lowest BCUT2D eigenvalue weighted by Crippen LogP contribution is -2.11. The van der Waals surface area contributed by atoms with Gasteiger partial charge in [-0.3, -0.25) is 0 Å². The van der Waals surface area contributed by atoms with Crippen LogP contribution in [0.2, 0.25) is 5.02 Å². The first-order chi connectivity index (χ1) is 7.70. The maximum Gasteiger partial charge on any atom is 0.158 e. The Bertz CT molecular complexity index is 497. The first kappa shape index (κ1) is 11.0. The summed E-state index contributed by atoms with van der Waals surface area (Å²) >= 11 is 5.77. The van der Waals surface area contributed by atoms with Crippen LogP contribution in [0.25, 0.3) is 5.82 Å². The maximum absolute atomic E-state index is 13.0. The van der Waals surface area contributed by atoms with Crippen LogP contribution in [0.15, 0.2) is 24.7 Å². The predicted molar refractivity (Wildman–Crippen MR) is 59.1 cm³/mol. The van der Waals surface area contributed by atoms with Crippen molar-refractivity contribution in [3.8, 4) is 5.82 Å². The van der Waals surface area contributed by atoms with Crippen LogP contribution in [0, 0.1) is 5.82 Å². The zero-order valence-electron chi connectivity index (χ0n) is 8.61. The fraction of sp³-hybridized carbons (Fsp3) is 0.200. The minimum absolute atomic E-state index is 0.368. The molecule has 0 aliphatic heterocycles. The second-order valence-electron chi connectivity index (χ2n) is 3.27. The van der Waals surface area contributed by atoms with E-state index in [1.165, 1.54) is 16.9 Å². The summed E-state index contributed by atoms with van der Waals surface area (Å²) in [5.41, 5.74) is 0.724. The van der Waals surface area contributed by atoms with Crippen LogP contribution in [0.1, 0.15) is 5.56 Å². The molecule has 16 heavy (non-hydrogen) atoms. The van der Waals surface area contributed by atoms with Crippen molar-refractivity contribution in [1.82, 2.24) is 20.1 Å². The summed E-state index contributed by atoms with van der Waals surface area (Å²) in [7, 11) is 1.78. The van der Waals surface area contributed by atoms with E-state index in [1.807, 2.05) is 0 Å². The SMILES string of the molecule is CNCc1cc(F)cnc1-n1cc(Cl)cn1. The Morgan fingerprint density at radius 3 is 2.94 bits per heavy atom. The number of hydrogen-bond acceptors (Lipinski definition) is 3. The van der Waals surface area contributed by atoms with Gasteiger partial charge in [-0.25, -0.2) is 14.1 Å². The van der Waals surface area contributed by atoms with E-state index in [0.717, 1.165) is 11.8 Å². The second kappa shape index (κ2) is 4.59. The van der Waals surface area contributed by atoms with Gasteiger partial charge in [0.2, 0.25) is 0 Å². The third-order valence-corrected chi connectivity index (χ3v) is 2.24. The van der Waals surface area contributed by atoms with E-state index in [0.29, 0.717) is 17.4 Å². The first-order valence-corrected chi connectivity index (χ1v) is 5.08. The van der Waals surface area contributed by atoms with Gasteiger partial charge in [-0.05, 0) is 13.1 Å². The summed E-state index contributed by atoms with van der Waals surface area (Å²) in [5, 5.41) is 7.49. The van der Waals surface area contributed by atoms with E-state index in [4.69, 9.17) is 11.6 Å². The van der Waals surface area contributed by atoms with E-state index in [2.05, 4.69) is 15.4 Å². The zero-order chi connectivity index (χ0) is 11.5. The van der Waals surface area contributed by atoms with Crippen LogP contribution in [0.3, 0.4) is 0 Å². The molecule has 0 aliphatic carbocycles. The van der Waals surface area contributed by atoms with Crippen molar-refractivity contribution in [3.63, 3.8) is 0 Å². The molecule has 0 aliphatic rings. The molecular weight excluding hydrogens is 231 g/mol. The Hall–Kier alpha value is -1.46. The molecule has 0 amide bonds. The van der Waals surface area contributed by atoms with E-state index >= 15 is 0 Å². The number of nitrogens with one attached hydrogen (secondary N) is 1. The molecule has 2 heterocycles. The Morgan fingerprint density at radius 1 is 1.50 bits per heavy atom. The molecule has 2 rings (SSSR count). The Kier molecular flexibility index (Phi) is 3.17. The monoisotopic (exact) mass is 240 g/mol. The molecule has 0 spiro atoms. The highest BCUT2D eigenvalue weighted by Gasteiger charge is 2.08. The fourth-order valence-corrected chi connectivity index (χ4v) is 1.55. The fourth-order valence-electron chi connectivity index (χ4n) is 1.42. The van der Waals surface area contributed by atoms with Crippen molar-refractivity contribution in [2.24, 2.45) is 0 Å². The zero-order valence-corrected chi connectivity index (χ0v) is 9.37. The summed E-state index contributed by atoms with van der Waals surface area (Å²) in [6.45, 7) is 0.511. The van der Waals surface area contributed by atoms with Crippen molar-refractivity contribution in [1.29, 1.82) is 0 Å². The van der Waals surface area contributed by atoms with E-state index in [-0.39, 0.29) is 5.82 Å². The van der Waals surface area contributed by atoms with Crippen LogP contribution in [-0.2, 0) is 6.54 Å². The molecular formula is C10H10ClFN4. The van der Waals surface area contributed by atoms with Crippen LogP contribution < -0.4 is 5.32 Å². The minimum Gasteiger partial charge on any atom is -0.316 e. The van der Waals surface area contributed by atoms with Gasteiger partial charge < -0.3 is 5.32 Å². The Balaban J connectivity index is 2.47. The highest BCUT2D eigenvalue weighted by molar-refractivity contribution is 6.30. The lowest BCUT2D eigenvalue weighted by atomic mass is 10.2. The molecule has 2 aromatic heterocycles. The van der Waals surface area contributed by atoms with Gasteiger partial charge in [-0.2, -0.15) is 5.10 Å². The lowest BCUT2D eigenvalue weighted by Gasteiger charge is -2.07. The summed E-state index contributed by atoms with van der Waals surface area (Å²) in [6, 6.07) is 1.43. The average molecular weight is 241 g/mol. The van der Waals surface area contributed by atoms with Gasteiger partial charge in [-0.15, -0.1) is 0 Å². The van der Waals surface area contributed by atoms with Crippen molar-refractivity contribution in [3.05, 3.63) is 41.1 Å². The molecule has 0 bridgehead atoms. The molecule has 4 nitrogen and oxygen atoms in total. The standard InChI is InChI=1S/C10H10ClFN4/c1-13-3-7-2-9(12)5-14-10(7)16-6-8(11)4-15-16/h2,4-6,13H,3H2,1H3. The molecule has 0 saturated heterocycles. The third-order valence-electron chi connectivity index (χ3n) is 2.04. The van der Waals surface area contributed by atoms with Gasteiger partial charge in [0.15, 0.2) is 5.82 Å². The number of hydrogen-bond donors (Lipinski definition) is 1. The van der Waals surface area contributed by atoms with E-state index < -0.39 is 0 Å². The van der Waals surface area contributed by atoms with Gasteiger partial charge in [0, 0.05) is 12.1 Å². The summed E-state index contributed by atoms with van der Waals surface area (Å²) in [5.74, 6) is 0.204. The summed E-state index contributed by atoms with van der Waals surface area (Å²) < 4.78 is 14.6. The molecule has 0 fully saturated rings. The van der Waals surface area contributed by atoms with E-state index in [9.17, 15) is 4.39 Å². The topological polar surface area (TPSA) is 42.7 Å². The average Bonchev–Trinajstić information content (AvgIpc) is 2.65. The quantitative estimate of drug-likeness (QED) is 0.889. The van der Waals surface area contributed by atoms with Gasteiger partial charge in [-0.1, -0.05) is 11.6 Å².